The number of furan rings is 1. The maximum atomic E-state index is 10.3. The maximum absolute atomic E-state index is 10.3. The van der Waals surface area contributed by atoms with E-state index in [1.807, 2.05) is 25.1 Å². The number of aliphatic hydroxyl groups excluding tert-OH is 1. The number of hydrogen-bond acceptors (Lipinski definition) is 2. The zero-order valence-electron chi connectivity index (χ0n) is 11.2. The number of benzene rings is 1. The first-order chi connectivity index (χ1) is 8.63. The summed E-state index contributed by atoms with van der Waals surface area (Å²) in [5.74, 6) is 1.19. The zero-order valence-corrected chi connectivity index (χ0v) is 11.2. The van der Waals surface area contributed by atoms with Crippen molar-refractivity contribution in [3.05, 3.63) is 59.0 Å². The van der Waals surface area contributed by atoms with E-state index in [4.69, 9.17) is 4.42 Å². The fraction of sp³-hybridized carbons (Fsp3) is 0.375. The Hall–Kier alpha value is -1.54. The van der Waals surface area contributed by atoms with Crippen LogP contribution in [0.4, 0.5) is 0 Å². The van der Waals surface area contributed by atoms with Crippen molar-refractivity contribution in [3.8, 4) is 0 Å². The van der Waals surface area contributed by atoms with E-state index in [2.05, 4.69) is 26.0 Å². The molecule has 0 aliphatic rings. The van der Waals surface area contributed by atoms with Crippen molar-refractivity contribution >= 4 is 0 Å². The number of hydrogen-bond donors (Lipinski definition) is 1. The van der Waals surface area contributed by atoms with Gasteiger partial charge in [-0.3, -0.25) is 0 Å². The van der Waals surface area contributed by atoms with Crippen LogP contribution in [0.1, 0.15) is 54.7 Å². The minimum absolute atomic E-state index is 0.557. The molecule has 2 heteroatoms. The van der Waals surface area contributed by atoms with Gasteiger partial charge < -0.3 is 9.52 Å². The van der Waals surface area contributed by atoms with E-state index in [9.17, 15) is 5.11 Å². The van der Waals surface area contributed by atoms with E-state index in [0.29, 0.717) is 11.7 Å². The predicted molar refractivity (Wildman–Crippen MR) is 72.7 cm³/mol. The van der Waals surface area contributed by atoms with Gasteiger partial charge in [0.25, 0.3) is 0 Å². The Kier molecular flexibility index (Phi) is 3.87. The van der Waals surface area contributed by atoms with Gasteiger partial charge in [0.15, 0.2) is 0 Å². The summed E-state index contributed by atoms with van der Waals surface area (Å²) in [5.41, 5.74) is 3.17. The quantitative estimate of drug-likeness (QED) is 0.875. The van der Waals surface area contributed by atoms with E-state index < -0.39 is 6.10 Å². The largest absolute Gasteiger partial charge is 0.466 e. The first-order valence-corrected chi connectivity index (χ1v) is 6.45. The Labute approximate surface area is 108 Å². The van der Waals surface area contributed by atoms with Gasteiger partial charge in [-0.25, -0.2) is 0 Å². The standard InChI is InChI=1S/C16H20O2/c1-4-11(2)13-5-7-14(8-6-13)15(17)16-12(3)9-10-18-16/h5-11,15,17H,4H2,1-3H3. The number of rotatable bonds is 4. The molecule has 0 aliphatic heterocycles. The Morgan fingerprint density at radius 3 is 2.22 bits per heavy atom. The lowest BCUT2D eigenvalue weighted by Crippen LogP contribution is -2.00. The van der Waals surface area contributed by atoms with Crippen LogP contribution < -0.4 is 0 Å². The van der Waals surface area contributed by atoms with Crippen LogP contribution in [0.2, 0.25) is 0 Å². The smallest absolute Gasteiger partial charge is 0.139 e. The van der Waals surface area contributed by atoms with Gasteiger partial charge in [-0.15, -0.1) is 0 Å². The van der Waals surface area contributed by atoms with Crippen LogP contribution in [0.25, 0.3) is 0 Å². The molecule has 0 radical (unpaired) electrons. The monoisotopic (exact) mass is 244 g/mol. The molecule has 0 aliphatic carbocycles. The van der Waals surface area contributed by atoms with Gasteiger partial charge in [0, 0.05) is 0 Å². The molecule has 2 nitrogen and oxygen atoms in total. The molecule has 2 rings (SSSR count). The summed E-state index contributed by atoms with van der Waals surface area (Å²) in [7, 11) is 0. The summed E-state index contributed by atoms with van der Waals surface area (Å²) in [6, 6.07) is 10.0. The summed E-state index contributed by atoms with van der Waals surface area (Å²) in [6.07, 6.45) is 2.06. The second-order valence-electron chi connectivity index (χ2n) is 4.85. The summed E-state index contributed by atoms with van der Waals surface area (Å²) in [4.78, 5) is 0. The molecule has 0 amide bonds. The molecule has 2 unspecified atom stereocenters. The average Bonchev–Trinajstić information content (AvgIpc) is 2.83. The lowest BCUT2D eigenvalue weighted by molar-refractivity contribution is 0.188. The molecule has 2 atom stereocenters. The Morgan fingerprint density at radius 1 is 1.11 bits per heavy atom. The van der Waals surface area contributed by atoms with Crippen LogP contribution in [0, 0.1) is 6.92 Å². The van der Waals surface area contributed by atoms with Crippen LogP contribution in [-0.4, -0.2) is 5.11 Å². The summed E-state index contributed by atoms with van der Waals surface area (Å²) in [5, 5.41) is 10.3. The molecule has 0 saturated heterocycles. The van der Waals surface area contributed by atoms with Crippen molar-refractivity contribution in [2.24, 2.45) is 0 Å². The van der Waals surface area contributed by atoms with E-state index in [-0.39, 0.29) is 0 Å². The molecule has 0 fully saturated rings. The molecule has 1 N–H and O–H groups in total. The molecular formula is C16H20O2. The lowest BCUT2D eigenvalue weighted by atomic mass is 9.96. The van der Waals surface area contributed by atoms with Gasteiger partial charge >= 0.3 is 0 Å². The van der Waals surface area contributed by atoms with Crippen molar-refractivity contribution < 1.29 is 9.52 Å². The number of aryl methyl sites for hydroxylation is 1. The first-order valence-electron chi connectivity index (χ1n) is 6.45. The molecule has 0 bridgehead atoms. The minimum Gasteiger partial charge on any atom is -0.466 e. The van der Waals surface area contributed by atoms with Crippen LogP contribution in [-0.2, 0) is 0 Å². The van der Waals surface area contributed by atoms with Crippen molar-refractivity contribution in [3.63, 3.8) is 0 Å². The third-order valence-corrected chi connectivity index (χ3v) is 3.58. The third-order valence-electron chi connectivity index (χ3n) is 3.58. The number of aliphatic hydroxyl groups is 1. The van der Waals surface area contributed by atoms with Gasteiger partial charge in [-0.2, -0.15) is 0 Å². The molecule has 1 heterocycles. The van der Waals surface area contributed by atoms with Crippen LogP contribution in [0.5, 0.6) is 0 Å². The van der Waals surface area contributed by atoms with Crippen molar-refractivity contribution in [1.29, 1.82) is 0 Å². The van der Waals surface area contributed by atoms with Gasteiger partial charge in [0.1, 0.15) is 11.9 Å². The highest BCUT2D eigenvalue weighted by atomic mass is 16.4. The van der Waals surface area contributed by atoms with E-state index in [1.54, 1.807) is 6.26 Å². The molecule has 96 valence electrons. The molecule has 2 aromatic rings. The third kappa shape index (κ3) is 2.49. The average molecular weight is 244 g/mol. The first kappa shape index (κ1) is 12.9. The van der Waals surface area contributed by atoms with Crippen molar-refractivity contribution in [2.75, 3.05) is 0 Å². The van der Waals surface area contributed by atoms with Crippen molar-refractivity contribution in [1.82, 2.24) is 0 Å². The molecule has 0 spiro atoms. The summed E-state index contributed by atoms with van der Waals surface area (Å²) < 4.78 is 5.33. The highest BCUT2D eigenvalue weighted by Crippen LogP contribution is 2.27. The van der Waals surface area contributed by atoms with Gasteiger partial charge in [0.2, 0.25) is 0 Å². The normalized spacial score (nSPS) is 14.4. The Bertz CT molecular complexity index is 496. The van der Waals surface area contributed by atoms with E-state index in [0.717, 1.165) is 17.5 Å². The highest BCUT2D eigenvalue weighted by molar-refractivity contribution is 5.32. The fourth-order valence-electron chi connectivity index (χ4n) is 2.06. The topological polar surface area (TPSA) is 33.4 Å². The Balaban J connectivity index is 2.22. The Morgan fingerprint density at radius 2 is 1.72 bits per heavy atom. The summed E-state index contributed by atoms with van der Waals surface area (Å²) >= 11 is 0. The minimum atomic E-state index is -0.675. The predicted octanol–water partition coefficient (Wildman–Crippen LogP) is 4.18. The van der Waals surface area contributed by atoms with Gasteiger partial charge in [-0.1, -0.05) is 38.1 Å². The SMILES string of the molecule is CCC(C)c1ccc(C(O)c2occc2C)cc1. The van der Waals surface area contributed by atoms with Crippen LogP contribution in [0.3, 0.4) is 0 Å². The lowest BCUT2D eigenvalue weighted by Gasteiger charge is -2.13. The second-order valence-corrected chi connectivity index (χ2v) is 4.85. The summed E-state index contributed by atoms with van der Waals surface area (Å²) in [6.45, 7) is 6.33. The molecule has 18 heavy (non-hydrogen) atoms. The maximum Gasteiger partial charge on any atom is 0.139 e. The van der Waals surface area contributed by atoms with E-state index in [1.165, 1.54) is 5.56 Å². The highest BCUT2D eigenvalue weighted by Gasteiger charge is 2.16. The molecule has 1 aromatic carbocycles. The second kappa shape index (κ2) is 5.40. The van der Waals surface area contributed by atoms with Crippen LogP contribution in [0.15, 0.2) is 41.0 Å². The molecule has 0 saturated carbocycles. The molecular weight excluding hydrogens is 224 g/mol. The van der Waals surface area contributed by atoms with E-state index >= 15 is 0 Å². The van der Waals surface area contributed by atoms with Gasteiger partial charge in [0.05, 0.1) is 6.26 Å². The van der Waals surface area contributed by atoms with Gasteiger partial charge in [-0.05, 0) is 42.0 Å². The fourth-order valence-corrected chi connectivity index (χ4v) is 2.06. The van der Waals surface area contributed by atoms with Crippen molar-refractivity contribution in [2.45, 2.75) is 39.2 Å². The molecule has 1 aromatic heterocycles. The zero-order chi connectivity index (χ0) is 13.1. The van der Waals surface area contributed by atoms with Crippen LogP contribution >= 0.6 is 0 Å².